The maximum absolute atomic E-state index is 12.5. The van der Waals surface area contributed by atoms with Gasteiger partial charge >= 0.3 is 0 Å². The van der Waals surface area contributed by atoms with Crippen LogP contribution in [-0.2, 0) is 10.0 Å². The number of aromatic nitrogens is 2. The van der Waals surface area contributed by atoms with E-state index in [2.05, 4.69) is 46.5 Å². The predicted octanol–water partition coefficient (Wildman–Crippen LogP) is 3.36. The van der Waals surface area contributed by atoms with Crippen LogP contribution in [0.3, 0.4) is 0 Å². The number of nitrogens with one attached hydrogen (secondary N) is 2. The molecule has 0 bridgehead atoms. The van der Waals surface area contributed by atoms with Crippen LogP contribution in [0.25, 0.3) is 0 Å². The topological polar surface area (TPSA) is 74.8 Å². The van der Waals surface area contributed by atoms with Gasteiger partial charge in [0.1, 0.15) is 5.82 Å². The molecule has 0 spiro atoms. The fourth-order valence-electron chi connectivity index (χ4n) is 1.73. The van der Waals surface area contributed by atoms with Crippen LogP contribution in [0.15, 0.2) is 44.4 Å². The van der Waals surface area contributed by atoms with E-state index < -0.39 is 10.0 Å². The highest BCUT2D eigenvalue weighted by Gasteiger charge is 2.23. The van der Waals surface area contributed by atoms with E-state index in [9.17, 15) is 8.42 Å². The van der Waals surface area contributed by atoms with Gasteiger partial charge in [-0.3, -0.25) is 0 Å². The third-order valence-corrected chi connectivity index (χ3v) is 5.70. The number of hydrogen-bond donors (Lipinski definition) is 2. The molecule has 108 valence electrons. The van der Waals surface area contributed by atoms with Crippen LogP contribution in [0.2, 0.25) is 0 Å². The van der Waals surface area contributed by atoms with Crippen molar-refractivity contribution in [2.24, 2.45) is 0 Å². The van der Waals surface area contributed by atoms with Crippen molar-refractivity contribution in [3.8, 4) is 0 Å². The highest BCUT2D eigenvalue weighted by Crippen LogP contribution is 2.27. The molecule has 2 N–H and O–H groups in total. The average Bonchev–Trinajstić information content (AvgIpc) is 2.92. The zero-order chi connectivity index (χ0) is 14.8. The van der Waals surface area contributed by atoms with Gasteiger partial charge in [-0.2, -0.15) is 0 Å². The number of imidazole rings is 1. The first-order valence-corrected chi connectivity index (χ1v) is 8.97. The van der Waals surface area contributed by atoms with Crippen molar-refractivity contribution >= 4 is 41.9 Å². The Hall–Kier alpha value is -0.700. The number of hydrogen-bond acceptors (Lipinski definition) is 3. The second-order valence-electron chi connectivity index (χ2n) is 4.13. The van der Waals surface area contributed by atoms with Gasteiger partial charge in [0.25, 0.3) is 0 Å². The third kappa shape index (κ3) is 3.49. The Labute approximate surface area is 134 Å². The van der Waals surface area contributed by atoms with Gasteiger partial charge in [0, 0.05) is 21.3 Å². The summed E-state index contributed by atoms with van der Waals surface area (Å²) in [5, 5.41) is 0. The molecule has 0 aliphatic carbocycles. The highest BCUT2D eigenvalue weighted by molar-refractivity contribution is 9.11. The molecule has 20 heavy (non-hydrogen) atoms. The van der Waals surface area contributed by atoms with Gasteiger partial charge in [0.15, 0.2) is 0 Å². The largest absolute Gasteiger partial charge is 0.347 e. The molecule has 1 atom stereocenters. The molecule has 0 saturated carbocycles. The number of rotatable bonds is 5. The summed E-state index contributed by atoms with van der Waals surface area (Å²) in [6, 6.07) is 4.63. The molecule has 0 aliphatic rings. The summed E-state index contributed by atoms with van der Waals surface area (Å²) in [4.78, 5) is 7.22. The number of sulfonamides is 1. The van der Waals surface area contributed by atoms with Crippen molar-refractivity contribution < 1.29 is 8.42 Å². The third-order valence-electron chi connectivity index (χ3n) is 2.74. The monoisotopic (exact) mass is 421 g/mol. The van der Waals surface area contributed by atoms with Crippen molar-refractivity contribution in [1.82, 2.24) is 14.7 Å². The number of halogens is 2. The van der Waals surface area contributed by atoms with Crippen molar-refractivity contribution in [2.75, 3.05) is 0 Å². The fraction of sp³-hybridized carbons (Fsp3) is 0.250. The molecule has 0 amide bonds. The first kappa shape index (κ1) is 15.7. The van der Waals surface area contributed by atoms with Gasteiger partial charge in [-0.05, 0) is 40.5 Å². The van der Waals surface area contributed by atoms with Gasteiger partial charge in [0.05, 0.1) is 10.9 Å². The van der Waals surface area contributed by atoms with E-state index in [0.29, 0.717) is 21.2 Å². The lowest BCUT2D eigenvalue weighted by atomic mass is 10.2. The zero-order valence-electron chi connectivity index (χ0n) is 10.6. The minimum atomic E-state index is -3.64. The molecular weight excluding hydrogens is 410 g/mol. The minimum Gasteiger partial charge on any atom is -0.347 e. The van der Waals surface area contributed by atoms with E-state index >= 15 is 0 Å². The summed E-state index contributed by atoms with van der Waals surface area (Å²) in [6.07, 6.45) is 3.86. The Bertz CT molecular complexity index is 687. The fourth-order valence-corrected chi connectivity index (χ4v) is 4.52. The number of H-pyrrole nitrogens is 1. The second-order valence-corrected chi connectivity index (χ2v) is 7.58. The predicted molar refractivity (Wildman–Crippen MR) is 83.8 cm³/mol. The normalized spacial score (nSPS) is 13.3. The highest BCUT2D eigenvalue weighted by atomic mass is 79.9. The lowest BCUT2D eigenvalue weighted by Crippen LogP contribution is -2.29. The van der Waals surface area contributed by atoms with Crippen LogP contribution < -0.4 is 4.72 Å². The Morgan fingerprint density at radius 2 is 2.15 bits per heavy atom. The lowest BCUT2D eigenvalue weighted by molar-refractivity contribution is 0.539. The Morgan fingerprint density at radius 3 is 2.75 bits per heavy atom. The maximum Gasteiger partial charge on any atom is 0.242 e. The number of aromatic amines is 1. The van der Waals surface area contributed by atoms with E-state index in [-0.39, 0.29) is 10.9 Å². The molecule has 0 radical (unpaired) electrons. The van der Waals surface area contributed by atoms with E-state index in [1.807, 2.05) is 6.92 Å². The molecular formula is C12H13Br2N3O2S. The van der Waals surface area contributed by atoms with Gasteiger partial charge in [-0.25, -0.2) is 18.1 Å². The van der Waals surface area contributed by atoms with E-state index in [1.54, 1.807) is 30.6 Å². The molecule has 0 aliphatic heterocycles. The second kappa shape index (κ2) is 6.38. The van der Waals surface area contributed by atoms with Crippen molar-refractivity contribution in [3.05, 3.63) is 45.4 Å². The summed E-state index contributed by atoms with van der Waals surface area (Å²) < 4.78 is 28.8. The standard InChI is InChI=1S/C12H13Br2N3O2S/c1-2-10(12-15-5-6-16-12)17-20(18,19)11-7-8(13)3-4-9(11)14/h3-7,10,17H,2H2,1H3,(H,15,16). The molecule has 1 aromatic carbocycles. The van der Waals surface area contributed by atoms with Crippen molar-refractivity contribution in [2.45, 2.75) is 24.3 Å². The summed E-state index contributed by atoms with van der Waals surface area (Å²) in [6.45, 7) is 1.89. The quantitative estimate of drug-likeness (QED) is 0.775. The van der Waals surface area contributed by atoms with Gasteiger partial charge in [-0.1, -0.05) is 22.9 Å². The first-order valence-electron chi connectivity index (χ1n) is 5.90. The van der Waals surface area contributed by atoms with Crippen LogP contribution in [0.1, 0.15) is 25.2 Å². The van der Waals surface area contributed by atoms with E-state index in [1.165, 1.54) is 0 Å². The number of nitrogens with zero attached hydrogens (tertiary/aromatic N) is 1. The van der Waals surface area contributed by atoms with E-state index in [4.69, 9.17) is 0 Å². The Balaban J connectivity index is 2.33. The van der Waals surface area contributed by atoms with Crippen molar-refractivity contribution in [1.29, 1.82) is 0 Å². The van der Waals surface area contributed by atoms with Gasteiger partial charge in [0.2, 0.25) is 10.0 Å². The molecule has 0 saturated heterocycles. The summed E-state index contributed by atoms with van der Waals surface area (Å²) in [7, 11) is -3.64. The van der Waals surface area contributed by atoms with Crippen LogP contribution in [0, 0.1) is 0 Å². The zero-order valence-corrected chi connectivity index (χ0v) is 14.6. The average molecular weight is 423 g/mol. The molecule has 8 heteroatoms. The van der Waals surface area contributed by atoms with Gasteiger partial charge < -0.3 is 4.98 Å². The maximum atomic E-state index is 12.5. The van der Waals surface area contributed by atoms with E-state index in [0.717, 1.165) is 0 Å². The molecule has 1 aromatic heterocycles. The molecule has 5 nitrogen and oxygen atoms in total. The van der Waals surface area contributed by atoms with Crippen molar-refractivity contribution in [3.63, 3.8) is 0 Å². The Morgan fingerprint density at radius 1 is 1.40 bits per heavy atom. The first-order chi connectivity index (χ1) is 9.44. The lowest BCUT2D eigenvalue weighted by Gasteiger charge is -2.16. The van der Waals surface area contributed by atoms with Gasteiger partial charge in [-0.15, -0.1) is 0 Å². The molecule has 0 fully saturated rings. The smallest absolute Gasteiger partial charge is 0.242 e. The van der Waals surface area contributed by atoms with Crippen LogP contribution in [0.4, 0.5) is 0 Å². The summed E-state index contributed by atoms with van der Waals surface area (Å²) in [5.41, 5.74) is 0. The molecule has 1 unspecified atom stereocenters. The Kier molecular flexibility index (Phi) is 5.00. The molecule has 1 heterocycles. The number of benzene rings is 1. The summed E-state index contributed by atoms with van der Waals surface area (Å²) >= 11 is 6.54. The SMILES string of the molecule is CCC(NS(=O)(=O)c1cc(Br)ccc1Br)c1ncc[nH]1. The van der Waals surface area contributed by atoms with Crippen LogP contribution >= 0.6 is 31.9 Å². The molecule has 2 aromatic rings. The van der Waals surface area contributed by atoms with Crippen LogP contribution in [-0.4, -0.2) is 18.4 Å². The molecule has 2 rings (SSSR count). The van der Waals surface area contributed by atoms with Crippen LogP contribution in [0.5, 0.6) is 0 Å². The summed E-state index contributed by atoms with van der Waals surface area (Å²) in [5.74, 6) is 0.599. The minimum absolute atomic E-state index is 0.192.